The van der Waals surface area contributed by atoms with Crippen LogP contribution in [0.1, 0.15) is 65.3 Å². The monoisotopic (exact) mass is 340 g/mol. The number of aryl methyl sites for hydroxylation is 1. The maximum absolute atomic E-state index is 11.6. The van der Waals surface area contributed by atoms with Crippen LogP contribution in [0.25, 0.3) is 11.1 Å². The van der Waals surface area contributed by atoms with Crippen molar-refractivity contribution in [2.45, 2.75) is 45.4 Å². The molecule has 2 rings (SSSR count). The summed E-state index contributed by atoms with van der Waals surface area (Å²) in [6.07, 6.45) is 6.70. The molecule has 4 heteroatoms. The van der Waals surface area contributed by atoms with Crippen LogP contribution in [0.4, 0.5) is 0 Å². The first kappa shape index (κ1) is 18.7. The van der Waals surface area contributed by atoms with Crippen LogP contribution in [0.15, 0.2) is 42.5 Å². The fourth-order valence-electron chi connectivity index (χ4n) is 2.99. The van der Waals surface area contributed by atoms with Gasteiger partial charge < -0.3 is 10.2 Å². The molecule has 0 saturated carbocycles. The van der Waals surface area contributed by atoms with E-state index >= 15 is 0 Å². The van der Waals surface area contributed by atoms with Crippen LogP contribution in [0, 0.1) is 0 Å². The first-order valence-electron chi connectivity index (χ1n) is 8.73. The molecule has 0 fully saturated rings. The van der Waals surface area contributed by atoms with Crippen molar-refractivity contribution >= 4 is 11.9 Å². The van der Waals surface area contributed by atoms with Crippen LogP contribution >= 0.6 is 0 Å². The minimum Gasteiger partial charge on any atom is -0.478 e. The number of hydrogen-bond donors (Lipinski definition) is 2. The molecule has 0 amide bonds. The van der Waals surface area contributed by atoms with Crippen molar-refractivity contribution in [3.8, 4) is 11.1 Å². The van der Waals surface area contributed by atoms with E-state index in [0.29, 0.717) is 11.1 Å². The summed E-state index contributed by atoms with van der Waals surface area (Å²) >= 11 is 0. The molecule has 0 unspecified atom stereocenters. The molecule has 0 aliphatic heterocycles. The van der Waals surface area contributed by atoms with Crippen molar-refractivity contribution in [1.82, 2.24) is 0 Å². The summed E-state index contributed by atoms with van der Waals surface area (Å²) in [7, 11) is 0. The number of aromatic carboxylic acids is 2. The number of unbranched alkanes of at least 4 members (excludes halogenated alkanes) is 4. The fourth-order valence-corrected chi connectivity index (χ4v) is 2.99. The van der Waals surface area contributed by atoms with Crippen molar-refractivity contribution in [2.24, 2.45) is 0 Å². The highest BCUT2D eigenvalue weighted by Crippen LogP contribution is 2.29. The molecule has 0 spiro atoms. The van der Waals surface area contributed by atoms with E-state index in [2.05, 4.69) is 6.92 Å². The number of rotatable bonds is 9. The predicted molar refractivity (Wildman–Crippen MR) is 98.3 cm³/mol. The van der Waals surface area contributed by atoms with Gasteiger partial charge in [-0.25, -0.2) is 9.59 Å². The summed E-state index contributed by atoms with van der Waals surface area (Å²) in [5.41, 5.74) is 2.20. The lowest BCUT2D eigenvalue weighted by Crippen LogP contribution is -2.05. The zero-order chi connectivity index (χ0) is 18.2. The first-order chi connectivity index (χ1) is 12.0. The van der Waals surface area contributed by atoms with Crippen LogP contribution in [0.3, 0.4) is 0 Å². The molecule has 25 heavy (non-hydrogen) atoms. The Balaban J connectivity index is 2.33. The van der Waals surface area contributed by atoms with Crippen molar-refractivity contribution in [2.75, 3.05) is 0 Å². The van der Waals surface area contributed by atoms with Gasteiger partial charge in [0, 0.05) is 0 Å². The van der Waals surface area contributed by atoms with E-state index in [4.69, 9.17) is 0 Å². The van der Waals surface area contributed by atoms with Crippen molar-refractivity contribution in [3.63, 3.8) is 0 Å². The Kier molecular flexibility index (Phi) is 6.75. The lowest BCUT2D eigenvalue weighted by atomic mass is 9.92. The SMILES string of the molecule is CCCCCCCc1ccc(C(=O)O)c(-c2ccccc2C(=O)O)c1. The average molecular weight is 340 g/mol. The van der Waals surface area contributed by atoms with Crippen LogP contribution in [-0.4, -0.2) is 22.2 Å². The van der Waals surface area contributed by atoms with Crippen molar-refractivity contribution < 1.29 is 19.8 Å². The number of benzene rings is 2. The van der Waals surface area contributed by atoms with E-state index in [0.717, 1.165) is 24.8 Å². The molecule has 4 nitrogen and oxygen atoms in total. The van der Waals surface area contributed by atoms with E-state index in [1.807, 2.05) is 12.1 Å². The van der Waals surface area contributed by atoms with Gasteiger partial charge in [-0.2, -0.15) is 0 Å². The van der Waals surface area contributed by atoms with Gasteiger partial charge in [0.05, 0.1) is 11.1 Å². The number of carboxylic acids is 2. The molecular formula is C21H24O4. The minimum atomic E-state index is -1.06. The maximum atomic E-state index is 11.6. The number of hydrogen-bond acceptors (Lipinski definition) is 2. The molecule has 0 aliphatic rings. The Morgan fingerprint density at radius 3 is 2.12 bits per heavy atom. The Bertz CT molecular complexity index is 749. The third kappa shape index (κ3) is 4.92. The van der Waals surface area contributed by atoms with Gasteiger partial charge in [-0.3, -0.25) is 0 Å². The highest BCUT2D eigenvalue weighted by atomic mass is 16.4. The van der Waals surface area contributed by atoms with Gasteiger partial charge in [0.2, 0.25) is 0 Å². The van der Waals surface area contributed by atoms with Gasteiger partial charge in [-0.15, -0.1) is 0 Å². The topological polar surface area (TPSA) is 74.6 Å². The second-order valence-electron chi connectivity index (χ2n) is 6.20. The van der Waals surface area contributed by atoms with E-state index in [1.165, 1.54) is 25.3 Å². The number of carbonyl (C=O) groups is 2. The summed E-state index contributed by atoms with van der Waals surface area (Å²) in [5, 5.41) is 18.9. The molecular weight excluding hydrogens is 316 g/mol. The lowest BCUT2D eigenvalue weighted by molar-refractivity contribution is 0.0684. The van der Waals surface area contributed by atoms with Crippen LogP contribution in [0.5, 0.6) is 0 Å². The smallest absolute Gasteiger partial charge is 0.336 e. The van der Waals surface area contributed by atoms with E-state index < -0.39 is 11.9 Å². The second kappa shape index (κ2) is 9.02. The standard InChI is InChI=1S/C21H24O4/c1-2-3-4-5-6-9-15-12-13-18(21(24)25)19(14-15)16-10-7-8-11-17(16)20(22)23/h7-8,10-14H,2-6,9H2,1H3,(H,22,23)(H,24,25). The fraction of sp³-hybridized carbons (Fsp3) is 0.333. The number of carboxylic acid groups (broad SMARTS) is 2. The molecule has 0 bridgehead atoms. The molecule has 2 aromatic carbocycles. The molecule has 0 saturated heterocycles. The first-order valence-corrected chi connectivity index (χ1v) is 8.73. The van der Waals surface area contributed by atoms with Gasteiger partial charge in [0.1, 0.15) is 0 Å². The normalized spacial score (nSPS) is 10.6. The Morgan fingerprint density at radius 1 is 0.800 bits per heavy atom. The van der Waals surface area contributed by atoms with Crippen LogP contribution < -0.4 is 0 Å². The predicted octanol–water partition coefficient (Wildman–Crippen LogP) is 5.26. The molecule has 0 aromatic heterocycles. The molecule has 0 radical (unpaired) electrons. The second-order valence-corrected chi connectivity index (χ2v) is 6.20. The zero-order valence-electron chi connectivity index (χ0n) is 14.5. The lowest BCUT2D eigenvalue weighted by Gasteiger charge is -2.12. The summed E-state index contributed by atoms with van der Waals surface area (Å²) in [6, 6.07) is 11.8. The van der Waals surface area contributed by atoms with Gasteiger partial charge in [0.15, 0.2) is 0 Å². The van der Waals surface area contributed by atoms with Crippen molar-refractivity contribution in [3.05, 3.63) is 59.2 Å². The van der Waals surface area contributed by atoms with Crippen molar-refractivity contribution in [1.29, 1.82) is 0 Å². The largest absolute Gasteiger partial charge is 0.478 e. The molecule has 0 aliphatic carbocycles. The highest BCUT2D eigenvalue weighted by molar-refractivity contribution is 6.02. The minimum absolute atomic E-state index is 0.116. The molecule has 0 atom stereocenters. The Hall–Kier alpha value is -2.62. The van der Waals surface area contributed by atoms with E-state index in [9.17, 15) is 19.8 Å². The third-order valence-electron chi connectivity index (χ3n) is 4.33. The molecule has 0 heterocycles. The van der Waals surface area contributed by atoms with Gasteiger partial charge in [-0.1, -0.05) is 62.9 Å². The summed E-state index contributed by atoms with van der Waals surface area (Å²) in [4.78, 5) is 23.1. The zero-order valence-corrected chi connectivity index (χ0v) is 14.5. The molecule has 2 N–H and O–H groups in total. The maximum Gasteiger partial charge on any atom is 0.336 e. The Morgan fingerprint density at radius 2 is 1.44 bits per heavy atom. The van der Waals surface area contributed by atoms with Crippen LogP contribution in [0.2, 0.25) is 0 Å². The molecule has 132 valence electrons. The summed E-state index contributed by atoms with van der Waals surface area (Å²) < 4.78 is 0. The van der Waals surface area contributed by atoms with E-state index in [-0.39, 0.29) is 11.1 Å². The summed E-state index contributed by atoms with van der Waals surface area (Å²) in [5.74, 6) is -2.11. The van der Waals surface area contributed by atoms with Gasteiger partial charge in [-0.05, 0) is 41.7 Å². The average Bonchev–Trinajstić information content (AvgIpc) is 2.61. The van der Waals surface area contributed by atoms with Gasteiger partial charge in [0.25, 0.3) is 0 Å². The van der Waals surface area contributed by atoms with E-state index in [1.54, 1.807) is 24.3 Å². The summed E-state index contributed by atoms with van der Waals surface area (Å²) in [6.45, 7) is 2.18. The highest BCUT2D eigenvalue weighted by Gasteiger charge is 2.17. The van der Waals surface area contributed by atoms with Crippen LogP contribution in [-0.2, 0) is 6.42 Å². The third-order valence-corrected chi connectivity index (χ3v) is 4.33. The Labute approximate surface area is 148 Å². The molecule has 2 aromatic rings. The van der Waals surface area contributed by atoms with Gasteiger partial charge >= 0.3 is 11.9 Å². The quantitative estimate of drug-likeness (QED) is 0.610.